The highest BCUT2D eigenvalue weighted by molar-refractivity contribution is 6.00. The molecule has 0 unspecified atom stereocenters. The summed E-state index contributed by atoms with van der Waals surface area (Å²) < 4.78 is 10.7. The first-order chi connectivity index (χ1) is 12.6. The first kappa shape index (κ1) is 18.0. The highest BCUT2D eigenvalue weighted by Crippen LogP contribution is 2.37. The lowest BCUT2D eigenvalue weighted by Gasteiger charge is -2.36. The molecule has 1 fully saturated rings. The number of nitrogens with zero attached hydrogens (tertiary/aromatic N) is 1. The van der Waals surface area contributed by atoms with Crippen LogP contribution in [0.25, 0.3) is 0 Å². The topological polar surface area (TPSA) is 71.3 Å². The zero-order chi connectivity index (χ0) is 18.6. The van der Waals surface area contributed by atoms with Gasteiger partial charge in [0, 0.05) is 13.2 Å². The lowest BCUT2D eigenvalue weighted by atomic mass is 9.73. The van der Waals surface area contributed by atoms with Crippen molar-refractivity contribution < 1.29 is 14.3 Å². The van der Waals surface area contributed by atoms with Crippen LogP contribution in [0.2, 0.25) is 0 Å². The monoisotopic (exact) mass is 350 g/mol. The van der Waals surface area contributed by atoms with Gasteiger partial charge in [-0.1, -0.05) is 29.8 Å². The van der Waals surface area contributed by atoms with Crippen molar-refractivity contribution in [3.8, 4) is 11.8 Å². The molecule has 1 aliphatic rings. The Bertz CT molecular complexity index is 849. The van der Waals surface area contributed by atoms with Crippen LogP contribution in [-0.2, 0) is 14.9 Å². The lowest BCUT2D eigenvalue weighted by Crippen LogP contribution is -2.45. The van der Waals surface area contributed by atoms with Gasteiger partial charge in [0.1, 0.15) is 11.8 Å². The normalized spacial score (nSPS) is 15.7. The number of carbonyl (C=O) groups excluding carboxylic acids is 1. The summed E-state index contributed by atoms with van der Waals surface area (Å²) >= 11 is 0. The van der Waals surface area contributed by atoms with Gasteiger partial charge in [-0.25, -0.2) is 0 Å². The molecule has 1 amide bonds. The summed E-state index contributed by atoms with van der Waals surface area (Å²) in [6.45, 7) is 3.09. The van der Waals surface area contributed by atoms with Gasteiger partial charge in [-0.15, -0.1) is 0 Å². The number of aryl methyl sites for hydroxylation is 1. The third-order valence-corrected chi connectivity index (χ3v) is 4.95. The summed E-state index contributed by atoms with van der Waals surface area (Å²) in [5.74, 6) is 0.479. The smallest absolute Gasteiger partial charge is 0.235 e. The predicted octanol–water partition coefficient (Wildman–Crippen LogP) is 3.56. The molecule has 2 aromatic rings. The number of benzene rings is 2. The van der Waals surface area contributed by atoms with E-state index < -0.39 is 5.41 Å². The van der Waals surface area contributed by atoms with Gasteiger partial charge >= 0.3 is 0 Å². The molecule has 3 rings (SSSR count). The maximum atomic E-state index is 13.3. The second-order valence-electron chi connectivity index (χ2n) is 6.54. The van der Waals surface area contributed by atoms with E-state index in [1.54, 1.807) is 25.3 Å². The standard InChI is InChI=1S/C21H22N2O3/c1-15-4-3-5-17(12-15)21(8-10-26-11-9-21)20(24)23-19-7-6-18(25-2)13-16(19)14-22/h3-7,12-13H,8-11H2,1-2H3,(H,23,24). The maximum Gasteiger partial charge on any atom is 0.235 e. The number of nitrogens with one attached hydrogen (secondary N) is 1. The molecule has 0 aromatic heterocycles. The van der Waals surface area contributed by atoms with Crippen molar-refractivity contribution in [2.75, 3.05) is 25.6 Å². The van der Waals surface area contributed by atoms with Gasteiger partial charge in [-0.2, -0.15) is 5.26 Å². The van der Waals surface area contributed by atoms with Gasteiger partial charge < -0.3 is 14.8 Å². The van der Waals surface area contributed by atoms with E-state index in [1.165, 1.54) is 0 Å². The van der Waals surface area contributed by atoms with Crippen LogP contribution in [0, 0.1) is 18.3 Å². The largest absolute Gasteiger partial charge is 0.497 e. The van der Waals surface area contributed by atoms with Crippen molar-refractivity contribution in [2.45, 2.75) is 25.2 Å². The van der Waals surface area contributed by atoms with Crippen LogP contribution < -0.4 is 10.1 Å². The molecule has 0 aliphatic carbocycles. The summed E-state index contributed by atoms with van der Waals surface area (Å²) in [6, 6.07) is 15.2. The molecule has 1 aliphatic heterocycles. The van der Waals surface area contributed by atoms with Crippen LogP contribution in [0.5, 0.6) is 5.75 Å². The Labute approximate surface area is 153 Å². The van der Waals surface area contributed by atoms with E-state index in [1.807, 2.05) is 25.1 Å². The molecule has 1 N–H and O–H groups in total. The molecule has 0 saturated carbocycles. The number of ether oxygens (including phenoxy) is 2. The molecule has 0 radical (unpaired) electrons. The van der Waals surface area contributed by atoms with Gasteiger partial charge in [0.15, 0.2) is 0 Å². The Morgan fingerprint density at radius 1 is 1.23 bits per heavy atom. The number of nitriles is 1. The zero-order valence-electron chi connectivity index (χ0n) is 15.0. The predicted molar refractivity (Wildman–Crippen MR) is 99.2 cm³/mol. The molecule has 1 saturated heterocycles. The third-order valence-electron chi connectivity index (χ3n) is 4.95. The highest BCUT2D eigenvalue weighted by Gasteiger charge is 2.42. The van der Waals surface area contributed by atoms with Gasteiger partial charge in [0.25, 0.3) is 0 Å². The van der Waals surface area contributed by atoms with Gasteiger partial charge in [-0.05, 0) is 43.5 Å². The Kier molecular flexibility index (Phi) is 5.24. The Hall–Kier alpha value is -2.84. The maximum absolute atomic E-state index is 13.3. The molecule has 5 nitrogen and oxygen atoms in total. The molecule has 0 spiro atoms. The van der Waals surface area contributed by atoms with Crippen molar-refractivity contribution >= 4 is 11.6 Å². The molecule has 26 heavy (non-hydrogen) atoms. The number of carbonyl (C=O) groups is 1. The van der Waals surface area contributed by atoms with Gasteiger partial charge in [-0.3, -0.25) is 4.79 Å². The number of methoxy groups -OCH3 is 1. The number of rotatable bonds is 4. The first-order valence-corrected chi connectivity index (χ1v) is 8.63. The zero-order valence-corrected chi connectivity index (χ0v) is 15.0. The Balaban J connectivity index is 1.96. The second kappa shape index (κ2) is 7.59. The number of hydrogen-bond acceptors (Lipinski definition) is 4. The van der Waals surface area contributed by atoms with Crippen LogP contribution in [0.3, 0.4) is 0 Å². The molecular formula is C21H22N2O3. The van der Waals surface area contributed by atoms with Crippen LogP contribution in [-0.4, -0.2) is 26.2 Å². The van der Waals surface area contributed by atoms with Crippen molar-refractivity contribution in [1.82, 2.24) is 0 Å². The molecule has 2 aromatic carbocycles. The fraction of sp³-hybridized carbons (Fsp3) is 0.333. The minimum Gasteiger partial charge on any atom is -0.497 e. The SMILES string of the molecule is COc1ccc(NC(=O)C2(c3cccc(C)c3)CCOCC2)c(C#N)c1. The molecule has 0 bridgehead atoms. The van der Waals surface area contributed by atoms with Crippen molar-refractivity contribution in [1.29, 1.82) is 5.26 Å². The minimum atomic E-state index is -0.656. The summed E-state index contributed by atoms with van der Waals surface area (Å²) in [5, 5.41) is 12.4. The van der Waals surface area contributed by atoms with E-state index in [0.29, 0.717) is 43.1 Å². The minimum absolute atomic E-state index is 0.104. The van der Waals surface area contributed by atoms with E-state index in [4.69, 9.17) is 9.47 Å². The van der Waals surface area contributed by atoms with Crippen LogP contribution in [0.4, 0.5) is 5.69 Å². The van der Waals surface area contributed by atoms with E-state index in [0.717, 1.165) is 11.1 Å². The summed E-state index contributed by atoms with van der Waals surface area (Å²) in [4.78, 5) is 13.3. The molecule has 1 heterocycles. The van der Waals surface area contributed by atoms with Crippen LogP contribution in [0.1, 0.15) is 29.5 Å². The van der Waals surface area contributed by atoms with Crippen molar-refractivity contribution in [3.63, 3.8) is 0 Å². The quantitative estimate of drug-likeness (QED) is 0.915. The van der Waals surface area contributed by atoms with E-state index in [9.17, 15) is 10.1 Å². The number of hydrogen-bond donors (Lipinski definition) is 1. The fourth-order valence-electron chi connectivity index (χ4n) is 3.40. The first-order valence-electron chi connectivity index (χ1n) is 8.63. The molecular weight excluding hydrogens is 328 g/mol. The number of anilines is 1. The van der Waals surface area contributed by atoms with Crippen molar-refractivity contribution in [3.05, 3.63) is 59.2 Å². The summed E-state index contributed by atoms with van der Waals surface area (Å²) in [6.07, 6.45) is 1.22. The molecule has 134 valence electrons. The summed E-state index contributed by atoms with van der Waals surface area (Å²) in [5.41, 5.74) is 2.33. The Morgan fingerprint density at radius 2 is 2.00 bits per heavy atom. The van der Waals surface area contributed by atoms with Crippen molar-refractivity contribution in [2.24, 2.45) is 0 Å². The second-order valence-corrected chi connectivity index (χ2v) is 6.54. The Morgan fingerprint density at radius 3 is 2.65 bits per heavy atom. The fourth-order valence-corrected chi connectivity index (χ4v) is 3.40. The number of amides is 1. The third kappa shape index (κ3) is 3.42. The average molecular weight is 350 g/mol. The molecule has 0 atom stereocenters. The van der Waals surface area contributed by atoms with Crippen LogP contribution in [0.15, 0.2) is 42.5 Å². The van der Waals surface area contributed by atoms with Crippen LogP contribution >= 0.6 is 0 Å². The highest BCUT2D eigenvalue weighted by atomic mass is 16.5. The lowest BCUT2D eigenvalue weighted by molar-refractivity contribution is -0.125. The molecule has 5 heteroatoms. The summed E-state index contributed by atoms with van der Waals surface area (Å²) in [7, 11) is 1.55. The van der Waals surface area contributed by atoms with E-state index >= 15 is 0 Å². The average Bonchev–Trinajstić information content (AvgIpc) is 2.68. The van der Waals surface area contributed by atoms with Gasteiger partial charge in [0.05, 0.1) is 23.8 Å². The van der Waals surface area contributed by atoms with E-state index in [2.05, 4.69) is 17.5 Å². The van der Waals surface area contributed by atoms with E-state index in [-0.39, 0.29) is 5.91 Å². The van der Waals surface area contributed by atoms with Gasteiger partial charge in [0.2, 0.25) is 5.91 Å².